The van der Waals surface area contributed by atoms with Gasteiger partial charge in [-0.25, -0.2) is 8.42 Å². The SMILES string of the molecule is CC[C@@H](C)NC(=O)C[NH+]1CCN(S(=O)(=O)c2ccc(C(C)=O)cc2)CC1. The summed E-state index contributed by atoms with van der Waals surface area (Å²) in [5.41, 5.74) is 0.491. The maximum atomic E-state index is 12.7. The van der Waals surface area contributed by atoms with Gasteiger partial charge < -0.3 is 10.2 Å². The minimum atomic E-state index is -3.57. The molecule has 0 aromatic heterocycles. The van der Waals surface area contributed by atoms with Crippen LogP contribution in [0.4, 0.5) is 0 Å². The number of quaternary nitrogens is 1. The summed E-state index contributed by atoms with van der Waals surface area (Å²) in [6.07, 6.45) is 0.884. The molecule has 0 bridgehead atoms. The molecule has 1 aliphatic rings. The smallest absolute Gasteiger partial charge is 0.275 e. The number of rotatable bonds is 7. The highest BCUT2D eigenvalue weighted by Gasteiger charge is 2.31. The predicted molar refractivity (Wildman–Crippen MR) is 98.7 cm³/mol. The molecule has 1 aliphatic heterocycles. The molecule has 144 valence electrons. The van der Waals surface area contributed by atoms with Crippen LogP contribution in [0, 0.1) is 0 Å². The van der Waals surface area contributed by atoms with E-state index in [1.807, 2.05) is 13.8 Å². The van der Waals surface area contributed by atoms with Crippen molar-refractivity contribution in [1.29, 1.82) is 0 Å². The number of Topliss-reactive ketones (excluding diaryl/α,β-unsaturated/α-hetero) is 1. The molecule has 1 aromatic rings. The molecule has 1 amide bonds. The van der Waals surface area contributed by atoms with E-state index in [9.17, 15) is 18.0 Å². The highest BCUT2D eigenvalue weighted by atomic mass is 32.2. The van der Waals surface area contributed by atoms with Gasteiger partial charge in [-0.2, -0.15) is 4.31 Å². The van der Waals surface area contributed by atoms with Crippen LogP contribution in [0.5, 0.6) is 0 Å². The fraction of sp³-hybridized carbons (Fsp3) is 0.556. The van der Waals surface area contributed by atoms with E-state index >= 15 is 0 Å². The van der Waals surface area contributed by atoms with Gasteiger partial charge in [0.2, 0.25) is 10.0 Å². The first-order valence-corrected chi connectivity index (χ1v) is 10.4. The first kappa shape index (κ1) is 20.5. The lowest BCUT2D eigenvalue weighted by Crippen LogP contribution is -3.15. The number of amides is 1. The molecule has 2 rings (SSSR count). The molecule has 0 aliphatic carbocycles. The molecule has 1 atom stereocenters. The second-order valence-corrected chi connectivity index (χ2v) is 8.73. The van der Waals surface area contributed by atoms with E-state index in [0.29, 0.717) is 38.3 Å². The molecular weight excluding hydrogens is 354 g/mol. The third kappa shape index (κ3) is 5.12. The van der Waals surface area contributed by atoms with Gasteiger partial charge >= 0.3 is 0 Å². The number of sulfonamides is 1. The van der Waals surface area contributed by atoms with Crippen LogP contribution in [0.15, 0.2) is 29.2 Å². The third-order valence-corrected chi connectivity index (χ3v) is 6.67. The van der Waals surface area contributed by atoms with E-state index in [4.69, 9.17) is 0 Å². The molecule has 0 saturated carbocycles. The van der Waals surface area contributed by atoms with Gasteiger partial charge in [0, 0.05) is 11.6 Å². The molecule has 8 heteroatoms. The van der Waals surface area contributed by atoms with Gasteiger partial charge in [-0.1, -0.05) is 19.1 Å². The summed E-state index contributed by atoms with van der Waals surface area (Å²) in [5, 5.41) is 2.94. The van der Waals surface area contributed by atoms with E-state index in [-0.39, 0.29) is 22.6 Å². The van der Waals surface area contributed by atoms with E-state index < -0.39 is 10.0 Å². The molecule has 1 saturated heterocycles. The van der Waals surface area contributed by atoms with Crippen molar-refractivity contribution < 1.29 is 22.9 Å². The van der Waals surface area contributed by atoms with Gasteiger partial charge in [0.25, 0.3) is 5.91 Å². The normalized spacial score (nSPS) is 17.7. The predicted octanol–water partition coefficient (Wildman–Crippen LogP) is -0.307. The van der Waals surface area contributed by atoms with Crippen molar-refractivity contribution in [3.05, 3.63) is 29.8 Å². The average Bonchev–Trinajstić information content (AvgIpc) is 2.62. The topological polar surface area (TPSA) is 88.0 Å². The standard InChI is InChI=1S/C18H27N3O4S/c1-4-14(2)19-18(23)13-20-9-11-21(12-10-20)26(24,25)17-7-5-16(6-8-17)15(3)22/h5-8,14H,4,9-13H2,1-3H3,(H,19,23)/p+1/t14-/m1/s1. The number of hydrogen-bond donors (Lipinski definition) is 2. The van der Waals surface area contributed by atoms with Crippen molar-refractivity contribution in [2.75, 3.05) is 32.7 Å². The summed E-state index contributed by atoms with van der Waals surface area (Å²) in [5.74, 6) is -0.0905. The molecule has 1 aromatic carbocycles. The van der Waals surface area contributed by atoms with Gasteiger partial charge in [0.15, 0.2) is 12.3 Å². The lowest BCUT2D eigenvalue weighted by atomic mass is 10.2. The number of piperazine rings is 1. The van der Waals surface area contributed by atoms with Gasteiger partial charge in [0.05, 0.1) is 31.1 Å². The fourth-order valence-corrected chi connectivity index (χ4v) is 4.33. The number of carbonyl (C=O) groups is 2. The Kier molecular flexibility index (Phi) is 6.91. The number of nitrogens with zero attached hydrogens (tertiary/aromatic N) is 1. The van der Waals surface area contributed by atoms with Gasteiger partial charge in [0.1, 0.15) is 0 Å². The van der Waals surface area contributed by atoms with Crippen molar-refractivity contribution in [3.8, 4) is 0 Å². The molecular formula is C18H28N3O4S+. The van der Waals surface area contributed by atoms with Gasteiger partial charge in [-0.05, 0) is 32.4 Å². The number of nitrogens with one attached hydrogen (secondary N) is 2. The third-order valence-electron chi connectivity index (χ3n) is 4.76. The number of ketones is 1. The average molecular weight is 383 g/mol. The second kappa shape index (κ2) is 8.75. The van der Waals surface area contributed by atoms with Crippen molar-refractivity contribution in [3.63, 3.8) is 0 Å². The summed E-state index contributed by atoms with van der Waals surface area (Å²) in [7, 11) is -3.57. The van der Waals surface area contributed by atoms with Crippen molar-refractivity contribution >= 4 is 21.7 Å². The van der Waals surface area contributed by atoms with E-state index in [1.54, 1.807) is 0 Å². The molecule has 0 radical (unpaired) electrons. The number of carbonyl (C=O) groups excluding carboxylic acids is 2. The Bertz CT molecular complexity index is 738. The highest BCUT2D eigenvalue weighted by molar-refractivity contribution is 7.89. The zero-order valence-corrected chi connectivity index (χ0v) is 16.4. The summed E-state index contributed by atoms with van der Waals surface area (Å²) in [6.45, 7) is 7.75. The van der Waals surface area contributed by atoms with Crippen LogP contribution in [-0.4, -0.2) is 63.2 Å². The lowest BCUT2D eigenvalue weighted by Gasteiger charge is -2.31. The first-order chi connectivity index (χ1) is 12.2. The van der Waals surface area contributed by atoms with Crippen LogP contribution in [0.3, 0.4) is 0 Å². The van der Waals surface area contributed by atoms with E-state index in [1.165, 1.54) is 35.5 Å². The summed E-state index contributed by atoms with van der Waals surface area (Å²) < 4.78 is 26.9. The van der Waals surface area contributed by atoms with E-state index in [2.05, 4.69) is 5.32 Å². The molecule has 1 fully saturated rings. The maximum Gasteiger partial charge on any atom is 0.275 e. The Morgan fingerprint density at radius 1 is 1.19 bits per heavy atom. The minimum Gasteiger partial charge on any atom is -0.349 e. The summed E-state index contributed by atoms with van der Waals surface area (Å²) in [6, 6.07) is 6.18. The molecule has 26 heavy (non-hydrogen) atoms. The van der Waals surface area contributed by atoms with Crippen LogP contribution < -0.4 is 10.2 Å². The zero-order valence-electron chi connectivity index (χ0n) is 15.6. The van der Waals surface area contributed by atoms with Crippen LogP contribution in [-0.2, 0) is 14.8 Å². The molecule has 0 spiro atoms. The largest absolute Gasteiger partial charge is 0.349 e. The lowest BCUT2D eigenvalue weighted by molar-refractivity contribution is -0.895. The Morgan fingerprint density at radius 3 is 2.27 bits per heavy atom. The van der Waals surface area contributed by atoms with Crippen molar-refractivity contribution in [2.45, 2.75) is 38.1 Å². The minimum absolute atomic E-state index is 0.00507. The first-order valence-electron chi connectivity index (χ1n) is 8.98. The van der Waals surface area contributed by atoms with Crippen LogP contribution >= 0.6 is 0 Å². The Labute approximate surface area is 155 Å². The van der Waals surface area contributed by atoms with Gasteiger partial charge in [-0.3, -0.25) is 9.59 Å². The Hall–Kier alpha value is -1.77. The molecule has 2 N–H and O–H groups in total. The summed E-state index contributed by atoms with van der Waals surface area (Å²) in [4.78, 5) is 24.6. The number of hydrogen-bond acceptors (Lipinski definition) is 4. The Morgan fingerprint density at radius 2 is 1.77 bits per heavy atom. The Balaban J connectivity index is 1.93. The highest BCUT2D eigenvalue weighted by Crippen LogP contribution is 2.16. The van der Waals surface area contributed by atoms with Crippen molar-refractivity contribution in [2.24, 2.45) is 0 Å². The monoisotopic (exact) mass is 382 g/mol. The molecule has 7 nitrogen and oxygen atoms in total. The van der Waals surface area contributed by atoms with Gasteiger partial charge in [-0.15, -0.1) is 0 Å². The molecule has 1 heterocycles. The quantitative estimate of drug-likeness (QED) is 0.634. The van der Waals surface area contributed by atoms with Crippen LogP contribution in [0.2, 0.25) is 0 Å². The van der Waals surface area contributed by atoms with Crippen LogP contribution in [0.1, 0.15) is 37.6 Å². The van der Waals surface area contributed by atoms with Crippen molar-refractivity contribution in [1.82, 2.24) is 9.62 Å². The fourth-order valence-electron chi connectivity index (χ4n) is 2.89. The van der Waals surface area contributed by atoms with Crippen LogP contribution in [0.25, 0.3) is 0 Å². The number of benzene rings is 1. The zero-order chi connectivity index (χ0) is 19.3. The molecule has 0 unspecified atom stereocenters. The maximum absolute atomic E-state index is 12.7. The summed E-state index contributed by atoms with van der Waals surface area (Å²) >= 11 is 0. The van der Waals surface area contributed by atoms with E-state index in [0.717, 1.165) is 11.3 Å². The second-order valence-electron chi connectivity index (χ2n) is 6.79.